The van der Waals surface area contributed by atoms with E-state index >= 15 is 0 Å². The molecule has 1 amide bonds. The Morgan fingerprint density at radius 2 is 1.61 bits per heavy atom. The van der Waals surface area contributed by atoms with E-state index in [0.29, 0.717) is 11.3 Å². The summed E-state index contributed by atoms with van der Waals surface area (Å²) in [6.45, 7) is 6.45. The second kappa shape index (κ2) is 12.2. The Kier molecular flexibility index (Phi) is 9.72. The van der Waals surface area contributed by atoms with Crippen molar-refractivity contribution < 1.29 is 31.8 Å². The van der Waals surface area contributed by atoms with E-state index in [0.717, 1.165) is 12.5 Å². The van der Waals surface area contributed by atoms with Crippen LogP contribution in [0.1, 0.15) is 25.0 Å². The van der Waals surface area contributed by atoms with Gasteiger partial charge in [0.15, 0.2) is 5.88 Å². The van der Waals surface area contributed by atoms with E-state index in [1.54, 1.807) is 43.3 Å². The smallest absolute Gasteiger partial charge is 0.393 e. The maximum absolute atomic E-state index is 12.9. The summed E-state index contributed by atoms with van der Waals surface area (Å²) in [7, 11) is 0. The predicted octanol–water partition coefficient (Wildman–Crippen LogP) is 5.19. The molecule has 2 aromatic rings. The molecule has 2 rings (SSSR count). The molecule has 2 atom stereocenters. The van der Waals surface area contributed by atoms with Crippen LogP contribution in [0.2, 0.25) is 0 Å². The van der Waals surface area contributed by atoms with Crippen molar-refractivity contribution >= 4 is 11.6 Å². The third-order valence-corrected chi connectivity index (χ3v) is 4.63. The number of carbonyl (C=O) groups is 1. The van der Waals surface area contributed by atoms with E-state index in [2.05, 4.69) is 17.2 Å². The highest BCUT2D eigenvalue weighted by Gasteiger charge is 2.35. The number of hydrogen-bond donors (Lipinski definition) is 2. The number of halogens is 4. The van der Waals surface area contributed by atoms with Crippen LogP contribution in [0.25, 0.3) is 0 Å². The first-order valence-corrected chi connectivity index (χ1v) is 10.4. The Morgan fingerprint density at radius 1 is 1.00 bits per heavy atom. The van der Waals surface area contributed by atoms with Gasteiger partial charge < -0.3 is 20.1 Å². The Bertz CT molecular complexity index is 899. The summed E-state index contributed by atoms with van der Waals surface area (Å²) in [6, 6.07) is 12.5. The molecule has 0 heterocycles. The van der Waals surface area contributed by atoms with Gasteiger partial charge in [0.2, 0.25) is 5.91 Å². The van der Waals surface area contributed by atoms with Crippen molar-refractivity contribution in [2.75, 3.05) is 18.5 Å². The molecule has 0 aliphatic carbocycles. The lowest BCUT2D eigenvalue weighted by atomic mass is 10.1. The summed E-state index contributed by atoms with van der Waals surface area (Å²) < 4.78 is 61.0. The first-order chi connectivity index (χ1) is 15.5. The van der Waals surface area contributed by atoms with Gasteiger partial charge in [-0.1, -0.05) is 31.2 Å². The van der Waals surface area contributed by atoms with Crippen LogP contribution in [0.15, 0.2) is 61.0 Å². The zero-order valence-corrected chi connectivity index (χ0v) is 18.5. The standard InChI is InChI=1S/C24H28F4N2O3/c1-16(24(26,27)28)13-32-14-17(2)29-18(3)33-15-20-6-10-22(11-7-20)30-23(31)12-19-4-8-21(25)9-5-19/h4-11,16-17,29H,3,12-15H2,1-2H3,(H,30,31). The first-order valence-electron chi connectivity index (χ1n) is 10.4. The summed E-state index contributed by atoms with van der Waals surface area (Å²) in [5.41, 5.74) is 2.15. The van der Waals surface area contributed by atoms with Gasteiger partial charge in [0.05, 0.1) is 25.6 Å². The third kappa shape index (κ3) is 9.95. The van der Waals surface area contributed by atoms with Crippen LogP contribution in [0.3, 0.4) is 0 Å². The number of alkyl halides is 3. The number of benzene rings is 2. The average Bonchev–Trinajstić information content (AvgIpc) is 2.74. The highest BCUT2D eigenvalue weighted by Crippen LogP contribution is 2.25. The van der Waals surface area contributed by atoms with Gasteiger partial charge in [-0.3, -0.25) is 4.79 Å². The zero-order valence-electron chi connectivity index (χ0n) is 18.5. The van der Waals surface area contributed by atoms with Crippen molar-refractivity contribution in [2.24, 2.45) is 5.92 Å². The summed E-state index contributed by atoms with van der Waals surface area (Å²) in [5.74, 6) is -1.83. The van der Waals surface area contributed by atoms with E-state index in [4.69, 9.17) is 9.47 Å². The minimum absolute atomic E-state index is 0.0785. The van der Waals surface area contributed by atoms with Crippen LogP contribution in [0.5, 0.6) is 0 Å². The van der Waals surface area contributed by atoms with Crippen molar-refractivity contribution in [2.45, 2.75) is 39.1 Å². The number of nitrogens with one attached hydrogen (secondary N) is 2. The third-order valence-electron chi connectivity index (χ3n) is 4.63. The van der Waals surface area contributed by atoms with Crippen LogP contribution in [0, 0.1) is 11.7 Å². The quantitative estimate of drug-likeness (QED) is 0.333. The highest BCUT2D eigenvalue weighted by atomic mass is 19.4. The van der Waals surface area contributed by atoms with Crippen molar-refractivity contribution in [1.82, 2.24) is 5.32 Å². The molecule has 2 aromatic carbocycles. The number of anilines is 1. The summed E-state index contributed by atoms with van der Waals surface area (Å²) in [4.78, 5) is 12.1. The molecule has 0 aliphatic rings. The lowest BCUT2D eigenvalue weighted by Crippen LogP contribution is -2.32. The van der Waals surface area contributed by atoms with Crippen molar-refractivity contribution in [3.63, 3.8) is 0 Å². The Labute approximate surface area is 190 Å². The van der Waals surface area contributed by atoms with Gasteiger partial charge in [-0.05, 0) is 48.9 Å². The van der Waals surface area contributed by atoms with E-state index in [-0.39, 0.29) is 43.3 Å². The average molecular weight is 468 g/mol. The maximum atomic E-state index is 12.9. The SMILES string of the molecule is C=C(NC(C)COCC(C)C(F)(F)F)OCc1ccc(NC(=O)Cc2ccc(F)cc2)cc1. The van der Waals surface area contributed by atoms with Crippen LogP contribution < -0.4 is 10.6 Å². The van der Waals surface area contributed by atoms with Gasteiger partial charge in [0.25, 0.3) is 0 Å². The molecule has 0 aliphatic heterocycles. The zero-order chi connectivity index (χ0) is 24.4. The van der Waals surface area contributed by atoms with Gasteiger partial charge >= 0.3 is 6.18 Å². The lowest BCUT2D eigenvalue weighted by Gasteiger charge is -2.20. The van der Waals surface area contributed by atoms with Crippen molar-refractivity contribution in [1.29, 1.82) is 0 Å². The number of ether oxygens (including phenoxy) is 2. The molecule has 9 heteroatoms. The second-order valence-electron chi connectivity index (χ2n) is 7.79. The normalized spacial score (nSPS) is 13.2. The van der Waals surface area contributed by atoms with Crippen molar-refractivity contribution in [3.8, 4) is 0 Å². The fourth-order valence-electron chi connectivity index (χ4n) is 2.72. The maximum Gasteiger partial charge on any atom is 0.393 e. The lowest BCUT2D eigenvalue weighted by molar-refractivity contribution is -0.183. The topological polar surface area (TPSA) is 59.6 Å². The molecular weight excluding hydrogens is 440 g/mol. The molecule has 5 nitrogen and oxygen atoms in total. The Hall–Kier alpha value is -3.07. The van der Waals surface area contributed by atoms with E-state index in [1.807, 2.05) is 0 Å². The summed E-state index contributed by atoms with van der Waals surface area (Å²) in [6.07, 6.45) is -4.14. The Balaban J connectivity index is 1.69. The predicted molar refractivity (Wildman–Crippen MR) is 118 cm³/mol. The van der Waals surface area contributed by atoms with Crippen LogP contribution in [0.4, 0.5) is 23.2 Å². The van der Waals surface area contributed by atoms with E-state index in [1.165, 1.54) is 12.1 Å². The first kappa shape index (κ1) is 26.2. The number of rotatable bonds is 12. The minimum Gasteiger partial charge on any atom is -0.475 e. The number of hydrogen-bond acceptors (Lipinski definition) is 4. The largest absolute Gasteiger partial charge is 0.475 e. The van der Waals surface area contributed by atoms with Crippen molar-refractivity contribution in [3.05, 3.63) is 77.9 Å². The van der Waals surface area contributed by atoms with E-state index in [9.17, 15) is 22.4 Å². The molecule has 0 fully saturated rings. The molecule has 0 radical (unpaired) electrons. The van der Waals surface area contributed by atoms with Gasteiger partial charge in [0.1, 0.15) is 12.4 Å². The number of amides is 1. The molecule has 33 heavy (non-hydrogen) atoms. The van der Waals surface area contributed by atoms with Crippen LogP contribution in [-0.4, -0.2) is 31.3 Å². The summed E-state index contributed by atoms with van der Waals surface area (Å²) >= 11 is 0. The van der Waals surface area contributed by atoms with Crippen LogP contribution >= 0.6 is 0 Å². The molecule has 180 valence electrons. The molecule has 2 N–H and O–H groups in total. The summed E-state index contributed by atoms with van der Waals surface area (Å²) in [5, 5.41) is 5.70. The molecule has 0 saturated carbocycles. The molecule has 0 spiro atoms. The van der Waals surface area contributed by atoms with Crippen LogP contribution in [-0.2, 0) is 27.3 Å². The van der Waals surface area contributed by atoms with Gasteiger partial charge in [-0.25, -0.2) is 4.39 Å². The monoisotopic (exact) mass is 468 g/mol. The van der Waals surface area contributed by atoms with E-state index < -0.39 is 18.7 Å². The molecule has 0 aromatic heterocycles. The van der Waals surface area contributed by atoms with Gasteiger partial charge in [0, 0.05) is 11.7 Å². The number of carbonyl (C=O) groups excluding carboxylic acids is 1. The molecule has 0 saturated heterocycles. The highest BCUT2D eigenvalue weighted by molar-refractivity contribution is 5.92. The molecule has 0 bridgehead atoms. The molecule has 2 unspecified atom stereocenters. The Morgan fingerprint density at radius 3 is 2.21 bits per heavy atom. The minimum atomic E-state index is -4.27. The fourth-order valence-corrected chi connectivity index (χ4v) is 2.72. The fraction of sp³-hybridized carbons (Fsp3) is 0.375. The second-order valence-corrected chi connectivity index (χ2v) is 7.79. The van der Waals surface area contributed by atoms with Gasteiger partial charge in [-0.2, -0.15) is 13.2 Å². The molecular formula is C24H28F4N2O3. The van der Waals surface area contributed by atoms with Gasteiger partial charge in [-0.15, -0.1) is 0 Å².